The van der Waals surface area contributed by atoms with Crippen LogP contribution in [0.4, 0.5) is 5.82 Å². The summed E-state index contributed by atoms with van der Waals surface area (Å²) in [5, 5.41) is 3.65. The summed E-state index contributed by atoms with van der Waals surface area (Å²) in [5.41, 5.74) is 5.55. The van der Waals surface area contributed by atoms with Gasteiger partial charge >= 0.3 is 0 Å². The number of pyridine rings is 1. The molecule has 2 fully saturated rings. The number of carbonyl (C=O) groups excluding carboxylic acids is 2. The number of piperidine rings is 1. The molecular formula is C18H25ClN4O2. The predicted molar refractivity (Wildman–Crippen MR) is 97.7 cm³/mol. The van der Waals surface area contributed by atoms with E-state index in [0.717, 1.165) is 38.8 Å². The average Bonchev–Trinajstić information content (AvgIpc) is 2.63. The molecule has 2 aliphatic rings. The van der Waals surface area contributed by atoms with Crippen molar-refractivity contribution in [2.75, 3.05) is 18.0 Å². The number of aromatic nitrogens is 1. The molecule has 0 spiro atoms. The topological polar surface area (TPSA) is 88.3 Å². The van der Waals surface area contributed by atoms with Gasteiger partial charge in [0.15, 0.2) is 0 Å². The molecule has 1 aliphatic heterocycles. The smallest absolute Gasteiger partial charge is 0.250 e. The number of nitrogens with zero attached hydrogens (tertiary/aromatic N) is 2. The first-order valence-corrected chi connectivity index (χ1v) is 9.43. The van der Waals surface area contributed by atoms with E-state index >= 15 is 0 Å². The summed E-state index contributed by atoms with van der Waals surface area (Å²) in [7, 11) is 0. The Kier molecular flexibility index (Phi) is 5.78. The Morgan fingerprint density at radius 3 is 2.44 bits per heavy atom. The van der Waals surface area contributed by atoms with Crippen molar-refractivity contribution in [2.24, 2.45) is 11.7 Å². The number of amides is 2. The quantitative estimate of drug-likeness (QED) is 0.859. The van der Waals surface area contributed by atoms with Gasteiger partial charge in [-0.1, -0.05) is 30.9 Å². The molecule has 1 aromatic rings. The SMILES string of the molecule is NC(=O)c1cnc(N2CCC(NC(=O)C3CCCCC3)CC2)c(Cl)c1. The Bertz CT molecular complexity index is 638. The van der Waals surface area contributed by atoms with Crippen LogP contribution in [0.3, 0.4) is 0 Å². The van der Waals surface area contributed by atoms with E-state index in [1.54, 1.807) is 6.07 Å². The number of rotatable bonds is 4. The van der Waals surface area contributed by atoms with E-state index in [4.69, 9.17) is 17.3 Å². The third-order valence-corrected chi connectivity index (χ3v) is 5.50. The highest BCUT2D eigenvalue weighted by Gasteiger charge is 2.26. The van der Waals surface area contributed by atoms with Crippen LogP contribution in [0.15, 0.2) is 12.3 Å². The van der Waals surface area contributed by atoms with Crippen LogP contribution in [0.1, 0.15) is 55.3 Å². The minimum atomic E-state index is -0.537. The van der Waals surface area contributed by atoms with Gasteiger partial charge in [0.05, 0.1) is 10.6 Å². The van der Waals surface area contributed by atoms with E-state index in [2.05, 4.69) is 15.2 Å². The van der Waals surface area contributed by atoms with Gasteiger partial charge in [0.25, 0.3) is 0 Å². The lowest BCUT2D eigenvalue weighted by atomic mass is 9.88. The van der Waals surface area contributed by atoms with Gasteiger partial charge in [-0.2, -0.15) is 0 Å². The number of nitrogens with two attached hydrogens (primary N) is 1. The molecule has 1 aromatic heterocycles. The Hall–Kier alpha value is -1.82. The van der Waals surface area contributed by atoms with Crippen LogP contribution in [0.25, 0.3) is 0 Å². The van der Waals surface area contributed by atoms with E-state index in [9.17, 15) is 9.59 Å². The van der Waals surface area contributed by atoms with E-state index in [-0.39, 0.29) is 17.9 Å². The molecule has 0 radical (unpaired) electrons. The largest absolute Gasteiger partial charge is 0.366 e. The first kappa shape index (κ1) is 18.0. The number of nitrogens with one attached hydrogen (secondary N) is 1. The van der Waals surface area contributed by atoms with Gasteiger partial charge in [0.1, 0.15) is 5.82 Å². The van der Waals surface area contributed by atoms with Gasteiger partial charge in [-0.25, -0.2) is 4.98 Å². The summed E-state index contributed by atoms with van der Waals surface area (Å²) in [6.07, 6.45) is 8.84. The molecule has 0 atom stereocenters. The first-order valence-electron chi connectivity index (χ1n) is 9.05. The maximum absolute atomic E-state index is 12.4. The van der Waals surface area contributed by atoms with Crippen LogP contribution in [0, 0.1) is 5.92 Å². The van der Waals surface area contributed by atoms with Crippen molar-refractivity contribution in [1.82, 2.24) is 10.3 Å². The van der Waals surface area contributed by atoms with Crippen molar-refractivity contribution in [2.45, 2.75) is 51.0 Å². The summed E-state index contributed by atoms with van der Waals surface area (Å²) in [6, 6.07) is 1.78. The number of hydrogen-bond donors (Lipinski definition) is 2. The molecule has 0 bridgehead atoms. The fourth-order valence-corrected chi connectivity index (χ4v) is 4.00. The minimum Gasteiger partial charge on any atom is -0.366 e. The molecule has 1 saturated heterocycles. The van der Waals surface area contributed by atoms with Crippen molar-refractivity contribution in [1.29, 1.82) is 0 Å². The lowest BCUT2D eigenvalue weighted by Crippen LogP contribution is -2.46. The summed E-state index contributed by atoms with van der Waals surface area (Å²) in [4.78, 5) is 29.9. The number of carbonyl (C=O) groups is 2. The highest BCUT2D eigenvalue weighted by atomic mass is 35.5. The summed E-state index contributed by atoms with van der Waals surface area (Å²) < 4.78 is 0. The fraction of sp³-hybridized carbons (Fsp3) is 0.611. The van der Waals surface area contributed by atoms with E-state index < -0.39 is 5.91 Å². The number of anilines is 1. The van der Waals surface area contributed by atoms with Crippen LogP contribution < -0.4 is 16.0 Å². The molecule has 3 rings (SSSR count). The highest BCUT2D eigenvalue weighted by Crippen LogP contribution is 2.28. The van der Waals surface area contributed by atoms with Gasteiger partial charge in [0.2, 0.25) is 11.8 Å². The van der Waals surface area contributed by atoms with Crippen molar-refractivity contribution in [3.05, 3.63) is 22.8 Å². The van der Waals surface area contributed by atoms with Crippen molar-refractivity contribution < 1.29 is 9.59 Å². The lowest BCUT2D eigenvalue weighted by molar-refractivity contribution is -0.126. The summed E-state index contributed by atoms with van der Waals surface area (Å²) in [6.45, 7) is 1.55. The predicted octanol–water partition coefficient (Wildman–Crippen LogP) is 2.50. The van der Waals surface area contributed by atoms with Crippen LogP contribution in [0.2, 0.25) is 5.02 Å². The van der Waals surface area contributed by atoms with Crippen molar-refractivity contribution in [3.8, 4) is 0 Å². The Labute approximate surface area is 153 Å². The molecular weight excluding hydrogens is 340 g/mol. The Morgan fingerprint density at radius 2 is 1.84 bits per heavy atom. The maximum atomic E-state index is 12.4. The molecule has 0 aromatic carbocycles. The lowest BCUT2D eigenvalue weighted by Gasteiger charge is -2.34. The van der Waals surface area contributed by atoms with Gasteiger partial charge in [-0.05, 0) is 31.7 Å². The Morgan fingerprint density at radius 1 is 1.16 bits per heavy atom. The summed E-state index contributed by atoms with van der Waals surface area (Å²) in [5.74, 6) is 0.554. The molecule has 1 saturated carbocycles. The zero-order chi connectivity index (χ0) is 17.8. The second-order valence-electron chi connectivity index (χ2n) is 7.00. The number of hydrogen-bond acceptors (Lipinski definition) is 4. The molecule has 25 heavy (non-hydrogen) atoms. The van der Waals surface area contributed by atoms with E-state index in [1.807, 2.05) is 0 Å². The first-order chi connectivity index (χ1) is 12.0. The number of primary amides is 1. The van der Waals surface area contributed by atoms with Crippen LogP contribution in [0.5, 0.6) is 0 Å². The number of halogens is 1. The zero-order valence-electron chi connectivity index (χ0n) is 14.3. The molecule has 2 amide bonds. The zero-order valence-corrected chi connectivity index (χ0v) is 15.1. The second-order valence-corrected chi connectivity index (χ2v) is 7.41. The highest BCUT2D eigenvalue weighted by molar-refractivity contribution is 6.33. The second kappa shape index (κ2) is 8.04. The molecule has 6 nitrogen and oxygen atoms in total. The van der Waals surface area contributed by atoms with Crippen LogP contribution in [-0.2, 0) is 4.79 Å². The molecule has 0 unspecified atom stereocenters. The molecule has 136 valence electrons. The fourth-order valence-electron chi connectivity index (χ4n) is 3.72. The summed E-state index contributed by atoms with van der Waals surface area (Å²) >= 11 is 6.25. The minimum absolute atomic E-state index is 0.198. The van der Waals surface area contributed by atoms with Crippen molar-refractivity contribution >= 4 is 29.2 Å². The van der Waals surface area contributed by atoms with Gasteiger partial charge < -0.3 is 16.0 Å². The van der Waals surface area contributed by atoms with Gasteiger partial charge in [-0.15, -0.1) is 0 Å². The molecule has 7 heteroatoms. The monoisotopic (exact) mass is 364 g/mol. The van der Waals surface area contributed by atoms with Crippen LogP contribution >= 0.6 is 11.6 Å². The van der Waals surface area contributed by atoms with Crippen LogP contribution in [-0.4, -0.2) is 35.9 Å². The van der Waals surface area contributed by atoms with E-state index in [1.165, 1.54) is 25.5 Å². The molecule has 2 heterocycles. The van der Waals surface area contributed by atoms with Crippen molar-refractivity contribution in [3.63, 3.8) is 0 Å². The van der Waals surface area contributed by atoms with Gasteiger partial charge in [0, 0.05) is 31.2 Å². The molecule has 3 N–H and O–H groups in total. The van der Waals surface area contributed by atoms with Gasteiger partial charge in [-0.3, -0.25) is 9.59 Å². The third kappa shape index (κ3) is 4.42. The Balaban J connectivity index is 1.53. The third-order valence-electron chi connectivity index (χ3n) is 5.22. The average molecular weight is 365 g/mol. The van der Waals surface area contributed by atoms with E-state index in [0.29, 0.717) is 16.4 Å². The normalized spacial score (nSPS) is 19.6. The maximum Gasteiger partial charge on any atom is 0.250 e. The standard InChI is InChI=1S/C18H25ClN4O2/c19-15-10-13(16(20)24)11-21-17(15)23-8-6-14(7-9-23)22-18(25)12-4-2-1-3-5-12/h10-12,14H,1-9H2,(H2,20,24)(H,22,25). The molecule has 1 aliphatic carbocycles.